The summed E-state index contributed by atoms with van der Waals surface area (Å²) >= 11 is 0. The van der Waals surface area contributed by atoms with E-state index in [0.29, 0.717) is 6.42 Å². The molecule has 0 saturated heterocycles. The Morgan fingerprint density at radius 3 is 1.32 bits per heavy atom. The number of hydrogen-bond acceptors (Lipinski definition) is 1. The summed E-state index contributed by atoms with van der Waals surface area (Å²) in [5.74, 6) is -0.655. The summed E-state index contributed by atoms with van der Waals surface area (Å²) in [6, 6.07) is 0. The number of unbranched alkanes of at least 4 members (excludes halogenated alkanes) is 12. The summed E-state index contributed by atoms with van der Waals surface area (Å²) in [5.41, 5.74) is 0. The van der Waals surface area contributed by atoms with Crippen molar-refractivity contribution in [1.29, 1.82) is 0 Å². The van der Waals surface area contributed by atoms with E-state index in [1.807, 2.05) is 0 Å². The summed E-state index contributed by atoms with van der Waals surface area (Å²) in [4.78, 5) is 10.3. The van der Waals surface area contributed by atoms with Gasteiger partial charge in [-0.3, -0.25) is 4.79 Å². The molecule has 0 unspecified atom stereocenters. The van der Waals surface area contributed by atoms with Crippen molar-refractivity contribution in [3.63, 3.8) is 0 Å². The highest BCUT2D eigenvalue weighted by Crippen LogP contribution is 2.12. The molecule has 0 aliphatic heterocycles. The van der Waals surface area contributed by atoms with Crippen LogP contribution >= 0.6 is 12.4 Å². The molecule has 0 bridgehead atoms. The molecule has 0 aliphatic carbocycles. The second-order valence-electron chi connectivity index (χ2n) is 5.39. The summed E-state index contributed by atoms with van der Waals surface area (Å²) in [6.45, 7) is 2.26. The van der Waals surface area contributed by atoms with Gasteiger partial charge < -0.3 is 5.11 Å². The van der Waals surface area contributed by atoms with Gasteiger partial charge in [0.25, 0.3) is 0 Å². The van der Waals surface area contributed by atoms with Gasteiger partial charge in [0.2, 0.25) is 0 Å². The Morgan fingerprint density at radius 2 is 1.00 bits per heavy atom. The SMILES string of the molecule is CCCCCCCCCCCCCCCC(=O)O.Cl. The molecule has 0 fully saturated rings. The first-order chi connectivity index (χ1) is 8.77. The molecule has 0 heterocycles. The predicted molar refractivity (Wildman–Crippen MR) is 85.2 cm³/mol. The standard InChI is InChI=1S/C16H32O2.ClH/c1-2-3-4-5-6-7-8-9-10-11-12-13-14-15-16(17)18;/h2-15H2,1H3,(H,17,18);1H. The maximum atomic E-state index is 10.3. The number of rotatable bonds is 14. The maximum absolute atomic E-state index is 10.3. The molecule has 3 heteroatoms. The minimum atomic E-state index is -0.655. The second kappa shape index (κ2) is 17.8. The number of hydrogen-bond donors (Lipinski definition) is 1. The first-order valence-corrected chi connectivity index (χ1v) is 7.99. The summed E-state index contributed by atoms with van der Waals surface area (Å²) in [5, 5.41) is 8.49. The molecule has 0 aromatic carbocycles. The molecule has 0 spiro atoms. The maximum Gasteiger partial charge on any atom is 0.303 e. The fourth-order valence-corrected chi connectivity index (χ4v) is 2.29. The number of carboxylic acids is 1. The molecule has 0 amide bonds. The van der Waals surface area contributed by atoms with Crippen molar-refractivity contribution in [2.45, 2.75) is 96.8 Å². The Bertz CT molecular complexity index is 184. The van der Waals surface area contributed by atoms with Crippen LogP contribution in [0.3, 0.4) is 0 Å². The zero-order valence-electron chi connectivity index (χ0n) is 12.7. The third-order valence-electron chi connectivity index (χ3n) is 3.49. The van der Waals surface area contributed by atoms with Crippen molar-refractivity contribution < 1.29 is 9.90 Å². The lowest BCUT2D eigenvalue weighted by Gasteiger charge is -2.02. The van der Waals surface area contributed by atoms with Gasteiger partial charge in [-0.05, 0) is 6.42 Å². The van der Waals surface area contributed by atoms with E-state index in [2.05, 4.69) is 6.92 Å². The molecule has 0 aliphatic rings. The van der Waals surface area contributed by atoms with Crippen molar-refractivity contribution >= 4 is 18.4 Å². The fraction of sp³-hybridized carbons (Fsp3) is 0.938. The van der Waals surface area contributed by atoms with Crippen molar-refractivity contribution in [1.82, 2.24) is 0 Å². The Labute approximate surface area is 125 Å². The van der Waals surface area contributed by atoms with Crippen molar-refractivity contribution in [3.05, 3.63) is 0 Å². The molecule has 0 radical (unpaired) electrons. The summed E-state index contributed by atoms with van der Waals surface area (Å²) in [6.07, 6.45) is 17.3. The van der Waals surface area contributed by atoms with Crippen LogP contribution in [0.4, 0.5) is 0 Å². The molecule has 0 saturated carbocycles. The summed E-state index contributed by atoms with van der Waals surface area (Å²) < 4.78 is 0. The topological polar surface area (TPSA) is 37.3 Å². The highest BCUT2D eigenvalue weighted by Gasteiger charge is 1.96. The largest absolute Gasteiger partial charge is 0.481 e. The predicted octanol–water partition coefficient (Wildman–Crippen LogP) is 5.97. The smallest absolute Gasteiger partial charge is 0.303 e. The Balaban J connectivity index is 0. The van der Waals surface area contributed by atoms with E-state index in [4.69, 9.17) is 5.11 Å². The highest BCUT2D eigenvalue weighted by molar-refractivity contribution is 5.85. The molecular formula is C16H33ClO2. The van der Waals surface area contributed by atoms with Gasteiger partial charge in [-0.25, -0.2) is 0 Å². The van der Waals surface area contributed by atoms with Crippen LogP contribution in [0.1, 0.15) is 96.8 Å². The molecule has 0 atom stereocenters. The number of carbonyl (C=O) groups is 1. The van der Waals surface area contributed by atoms with Crippen molar-refractivity contribution in [2.75, 3.05) is 0 Å². The first kappa shape index (κ1) is 21.1. The minimum Gasteiger partial charge on any atom is -0.481 e. The van der Waals surface area contributed by atoms with Gasteiger partial charge in [0.15, 0.2) is 0 Å². The zero-order valence-corrected chi connectivity index (χ0v) is 13.5. The van der Waals surface area contributed by atoms with Gasteiger partial charge in [0, 0.05) is 6.42 Å². The van der Waals surface area contributed by atoms with E-state index in [0.717, 1.165) is 12.8 Å². The summed E-state index contributed by atoms with van der Waals surface area (Å²) in [7, 11) is 0. The molecule has 2 nitrogen and oxygen atoms in total. The monoisotopic (exact) mass is 292 g/mol. The van der Waals surface area contributed by atoms with Crippen LogP contribution in [0.5, 0.6) is 0 Å². The Kier molecular flexibility index (Phi) is 19.7. The number of carboxylic acid groups (broad SMARTS) is 1. The average molecular weight is 293 g/mol. The number of aliphatic carboxylic acids is 1. The molecule has 19 heavy (non-hydrogen) atoms. The Hall–Kier alpha value is -0.240. The van der Waals surface area contributed by atoms with Gasteiger partial charge in [-0.1, -0.05) is 84.0 Å². The molecule has 0 aromatic rings. The molecule has 0 aromatic heterocycles. The third kappa shape index (κ3) is 20.2. The molecule has 0 rings (SSSR count). The van der Waals surface area contributed by atoms with Crippen LogP contribution in [0, 0.1) is 0 Å². The Morgan fingerprint density at radius 1 is 0.684 bits per heavy atom. The average Bonchev–Trinajstić information content (AvgIpc) is 2.34. The van der Waals surface area contributed by atoms with E-state index in [1.165, 1.54) is 70.6 Å². The first-order valence-electron chi connectivity index (χ1n) is 7.99. The second-order valence-corrected chi connectivity index (χ2v) is 5.39. The zero-order chi connectivity index (χ0) is 13.5. The highest BCUT2D eigenvalue weighted by atomic mass is 35.5. The third-order valence-corrected chi connectivity index (χ3v) is 3.49. The normalized spacial score (nSPS) is 10.2. The van der Waals surface area contributed by atoms with Gasteiger partial charge in [0.05, 0.1) is 0 Å². The minimum absolute atomic E-state index is 0. The van der Waals surface area contributed by atoms with E-state index >= 15 is 0 Å². The van der Waals surface area contributed by atoms with Crippen molar-refractivity contribution in [3.8, 4) is 0 Å². The quantitative estimate of drug-likeness (QED) is 0.400. The van der Waals surface area contributed by atoms with Crippen LogP contribution in [-0.2, 0) is 4.79 Å². The van der Waals surface area contributed by atoms with Crippen LogP contribution < -0.4 is 0 Å². The van der Waals surface area contributed by atoms with Gasteiger partial charge >= 0.3 is 5.97 Å². The van der Waals surface area contributed by atoms with E-state index in [1.54, 1.807) is 0 Å². The number of halogens is 1. The van der Waals surface area contributed by atoms with E-state index in [9.17, 15) is 4.79 Å². The van der Waals surface area contributed by atoms with Crippen LogP contribution in [0.25, 0.3) is 0 Å². The van der Waals surface area contributed by atoms with Gasteiger partial charge in [0.1, 0.15) is 0 Å². The fourth-order valence-electron chi connectivity index (χ4n) is 2.29. The molecule has 116 valence electrons. The van der Waals surface area contributed by atoms with Crippen LogP contribution in [0.2, 0.25) is 0 Å². The molecular weight excluding hydrogens is 260 g/mol. The van der Waals surface area contributed by atoms with E-state index in [-0.39, 0.29) is 12.4 Å². The van der Waals surface area contributed by atoms with Gasteiger partial charge in [-0.2, -0.15) is 0 Å². The van der Waals surface area contributed by atoms with Crippen LogP contribution in [0.15, 0.2) is 0 Å². The lowest BCUT2D eigenvalue weighted by Crippen LogP contribution is -1.93. The lowest BCUT2D eigenvalue weighted by atomic mass is 10.0. The van der Waals surface area contributed by atoms with Gasteiger partial charge in [-0.15, -0.1) is 12.4 Å². The molecule has 1 N–H and O–H groups in total. The van der Waals surface area contributed by atoms with Crippen molar-refractivity contribution in [2.24, 2.45) is 0 Å². The lowest BCUT2D eigenvalue weighted by molar-refractivity contribution is -0.137. The van der Waals surface area contributed by atoms with E-state index < -0.39 is 5.97 Å². The van der Waals surface area contributed by atoms with Crippen LogP contribution in [-0.4, -0.2) is 11.1 Å².